The SMILES string of the molecule is COC(=O)[C@@H]1[C@H](C(=O)OC)[C@H]2[C@@H]3CC[C@@H](C3)[C@@H]12. The molecule has 2 bridgehead atoms. The number of hydrogen-bond acceptors (Lipinski definition) is 4. The molecule has 0 aromatic heterocycles. The summed E-state index contributed by atoms with van der Waals surface area (Å²) in [5.74, 6) is 1.09. The summed E-state index contributed by atoms with van der Waals surface area (Å²) in [6, 6.07) is 0. The van der Waals surface area contributed by atoms with Crippen LogP contribution in [0.4, 0.5) is 0 Å². The molecule has 0 radical (unpaired) electrons. The molecule has 17 heavy (non-hydrogen) atoms. The van der Waals surface area contributed by atoms with Gasteiger partial charge in [0.2, 0.25) is 0 Å². The summed E-state index contributed by atoms with van der Waals surface area (Å²) in [6.07, 6.45) is 3.62. The van der Waals surface area contributed by atoms with Gasteiger partial charge in [0.25, 0.3) is 0 Å². The molecule has 4 nitrogen and oxygen atoms in total. The van der Waals surface area contributed by atoms with Crippen LogP contribution in [0.15, 0.2) is 0 Å². The Balaban J connectivity index is 1.86. The fraction of sp³-hybridized carbons (Fsp3) is 0.846. The third kappa shape index (κ3) is 1.30. The number of rotatable bonds is 2. The van der Waals surface area contributed by atoms with Crippen molar-refractivity contribution < 1.29 is 19.1 Å². The van der Waals surface area contributed by atoms with E-state index >= 15 is 0 Å². The van der Waals surface area contributed by atoms with Gasteiger partial charge in [-0.2, -0.15) is 0 Å². The van der Waals surface area contributed by atoms with Gasteiger partial charge in [0.15, 0.2) is 0 Å². The summed E-state index contributed by atoms with van der Waals surface area (Å²) in [5, 5.41) is 0. The van der Waals surface area contributed by atoms with Gasteiger partial charge in [-0.25, -0.2) is 0 Å². The monoisotopic (exact) mass is 238 g/mol. The maximum absolute atomic E-state index is 11.8. The lowest BCUT2D eigenvalue weighted by atomic mass is 9.52. The van der Waals surface area contributed by atoms with E-state index in [1.165, 1.54) is 33.5 Å². The largest absolute Gasteiger partial charge is 0.469 e. The fourth-order valence-corrected chi connectivity index (χ4v) is 4.66. The number of methoxy groups -OCH3 is 2. The quantitative estimate of drug-likeness (QED) is 0.679. The molecular weight excluding hydrogens is 220 g/mol. The highest BCUT2D eigenvalue weighted by Crippen LogP contribution is 2.66. The molecule has 3 fully saturated rings. The van der Waals surface area contributed by atoms with E-state index in [1.807, 2.05) is 0 Å². The normalized spacial score (nSPS) is 46.0. The highest BCUT2D eigenvalue weighted by atomic mass is 16.5. The summed E-state index contributed by atoms with van der Waals surface area (Å²) in [5.41, 5.74) is 0. The van der Waals surface area contributed by atoms with Crippen LogP contribution in [-0.4, -0.2) is 26.2 Å². The number of carbonyl (C=O) groups excluding carboxylic acids is 2. The first-order valence-electron chi connectivity index (χ1n) is 6.34. The van der Waals surface area contributed by atoms with Gasteiger partial charge in [0, 0.05) is 0 Å². The van der Waals surface area contributed by atoms with Crippen molar-refractivity contribution in [1.82, 2.24) is 0 Å². The standard InChI is InChI=1S/C13H18O4/c1-16-12(14)10-8-6-3-4-7(5-6)9(8)11(10)13(15)17-2/h6-11H,3-5H2,1-2H3/t6-,7+,8+,9-,10-,11+. The fourth-order valence-electron chi connectivity index (χ4n) is 4.66. The van der Waals surface area contributed by atoms with Crippen LogP contribution >= 0.6 is 0 Å². The summed E-state index contributed by atoms with van der Waals surface area (Å²) in [4.78, 5) is 23.6. The van der Waals surface area contributed by atoms with Crippen LogP contribution in [0.1, 0.15) is 19.3 Å². The van der Waals surface area contributed by atoms with E-state index in [0.29, 0.717) is 23.7 Å². The molecule has 3 aliphatic carbocycles. The van der Waals surface area contributed by atoms with Crippen LogP contribution < -0.4 is 0 Å². The summed E-state index contributed by atoms with van der Waals surface area (Å²) < 4.78 is 9.70. The molecule has 0 saturated heterocycles. The number of ether oxygens (including phenoxy) is 2. The summed E-state index contributed by atoms with van der Waals surface area (Å²) in [6.45, 7) is 0. The van der Waals surface area contributed by atoms with Gasteiger partial charge in [-0.1, -0.05) is 0 Å². The van der Waals surface area contributed by atoms with Crippen molar-refractivity contribution in [2.45, 2.75) is 19.3 Å². The van der Waals surface area contributed by atoms with Crippen LogP contribution in [0.25, 0.3) is 0 Å². The molecule has 0 aromatic carbocycles. The topological polar surface area (TPSA) is 52.6 Å². The maximum atomic E-state index is 11.8. The van der Waals surface area contributed by atoms with E-state index in [-0.39, 0.29) is 23.8 Å². The van der Waals surface area contributed by atoms with E-state index in [0.717, 1.165) is 0 Å². The molecule has 0 amide bonds. The highest BCUT2D eigenvalue weighted by Gasteiger charge is 2.67. The van der Waals surface area contributed by atoms with Crippen LogP contribution in [0, 0.1) is 35.5 Å². The van der Waals surface area contributed by atoms with Gasteiger partial charge < -0.3 is 9.47 Å². The second kappa shape index (κ2) is 3.72. The number of carbonyl (C=O) groups is 2. The first-order valence-corrected chi connectivity index (χ1v) is 6.34. The van der Waals surface area contributed by atoms with E-state index in [2.05, 4.69) is 0 Å². The Hall–Kier alpha value is -1.06. The minimum Gasteiger partial charge on any atom is -0.469 e. The Kier molecular flexibility index (Phi) is 2.42. The smallest absolute Gasteiger partial charge is 0.309 e. The predicted molar refractivity (Wildman–Crippen MR) is 58.8 cm³/mol. The van der Waals surface area contributed by atoms with Gasteiger partial charge in [-0.15, -0.1) is 0 Å². The van der Waals surface area contributed by atoms with Crippen LogP contribution in [0.3, 0.4) is 0 Å². The minimum atomic E-state index is -0.243. The second-order valence-electron chi connectivity index (χ2n) is 5.59. The third-order valence-electron chi connectivity index (χ3n) is 5.21. The lowest BCUT2D eigenvalue weighted by molar-refractivity contribution is -0.183. The Morgan fingerprint density at radius 3 is 1.65 bits per heavy atom. The van der Waals surface area contributed by atoms with Crippen molar-refractivity contribution in [2.24, 2.45) is 35.5 Å². The molecule has 0 aromatic rings. The number of hydrogen-bond donors (Lipinski definition) is 0. The molecule has 3 saturated carbocycles. The van der Waals surface area contributed by atoms with Crippen molar-refractivity contribution >= 4 is 11.9 Å². The highest BCUT2D eigenvalue weighted by molar-refractivity contribution is 5.85. The Bertz CT molecular complexity index is 330. The summed E-state index contributed by atoms with van der Waals surface area (Å²) in [7, 11) is 2.80. The molecular formula is C13H18O4. The van der Waals surface area contributed by atoms with Crippen molar-refractivity contribution in [3.05, 3.63) is 0 Å². The van der Waals surface area contributed by atoms with E-state index in [1.54, 1.807) is 0 Å². The Morgan fingerprint density at radius 2 is 1.29 bits per heavy atom. The van der Waals surface area contributed by atoms with Crippen molar-refractivity contribution in [3.8, 4) is 0 Å². The van der Waals surface area contributed by atoms with E-state index < -0.39 is 0 Å². The zero-order valence-corrected chi connectivity index (χ0v) is 10.2. The molecule has 0 heterocycles. The number of fused-ring (bicyclic) bond motifs is 5. The van der Waals surface area contributed by atoms with E-state index in [4.69, 9.17) is 9.47 Å². The first-order chi connectivity index (χ1) is 8.19. The van der Waals surface area contributed by atoms with Gasteiger partial charge in [0.05, 0.1) is 26.1 Å². The molecule has 6 atom stereocenters. The van der Waals surface area contributed by atoms with Crippen molar-refractivity contribution in [1.29, 1.82) is 0 Å². The lowest BCUT2D eigenvalue weighted by Gasteiger charge is -2.51. The van der Waals surface area contributed by atoms with Gasteiger partial charge in [0.1, 0.15) is 0 Å². The molecule has 0 N–H and O–H groups in total. The van der Waals surface area contributed by atoms with Gasteiger partial charge in [-0.3, -0.25) is 9.59 Å². The molecule has 3 rings (SSSR count). The molecule has 0 unspecified atom stereocenters. The van der Waals surface area contributed by atoms with Crippen molar-refractivity contribution in [3.63, 3.8) is 0 Å². The van der Waals surface area contributed by atoms with Crippen molar-refractivity contribution in [2.75, 3.05) is 14.2 Å². The average molecular weight is 238 g/mol. The van der Waals surface area contributed by atoms with Crippen LogP contribution in [0.5, 0.6) is 0 Å². The number of esters is 2. The zero-order chi connectivity index (χ0) is 12.2. The van der Waals surface area contributed by atoms with E-state index in [9.17, 15) is 9.59 Å². The molecule has 94 valence electrons. The Morgan fingerprint density at radius 1 is 0.882 bits per heavy atom. The molecule has 4 heteroatoms. The van der Waals surface area contributed by atoms with Crippen LogP contribution in [-0.2, 0) is 19.1 Å². The zero-order valence-electron chi connectivity index (χ0n) is 10.2. The molecule has 3 aliphatic rings. The lowest BCUT2D eigenvalue weighted by Crippen LogP contribution is -2.57. The van der Waals surface area contributed by atoms with Gasteiger partial charge >= 0.3 is 11.9 Å². The minimum absolute atomic E-state index is 0.228. The molecule has 0 aliphatic heterocycles. The molecule has 0 spiro atoms. The van der Waals surface area contributed by atoms with Crippen LogP contribution in [0.2, 0.25) is 0 Å². The van der Waals surface area contributed by atoms with Gasteiger partial charge in [-0.05, 0) is 42.9 Å². The third-order valence-corrected chi connectivity index (χ3v) is 5.21. The Labute approximate surface area is 101 Å². The summed E-state index contributed by atoms with van der Waals surface area (Å²) >= 11 is 0. The maximum Gasteiger partial charge on any atom is 0.309 e. The average Bonchev–Trinajstić information content (AvgIpc) is 2.86. The predicted octanol–water partition coefficient (Wildman–Crippen LogP) is 1.24. The first kappa shape index (κ1) is 11.1. The second-order valence-corrected chi connectivity index (χ2v) is 5.59.